The molecular weight excluding hydrogens is 330 g/mol. The van der Waals surface area contributed by atoms with Crippen LogP contribution in [0.3, 0.4) is 0 Å². The normalized spacial score (nSPS) is 22.9. The van der Waals surface area contributed by atoms with Gasteiger partial charge in [-0.1, -0.05) is 13.8 Å². The van der Waals surface area contributed by atoms with Gasteiger partial charge in [0.25, 0.3) is 0 Å². The van der Waals surface area contributed by atoms with Gasteiger partial charge in [0, 0.05) is 24.0 Å². The highest BCUT2D eigenvalue weighted by molar-refractivity contribution is 7.19. The van der Waals surface area contributed by atoms with E-state index >= 15 is 0 Å². The summed E-state index contributed by atoms with van der Waals surface area (Å²) in [6.45, 7) is 6.50. The highest BCUT2D eigenvalue weighted by atomic mass is 35.5. The summed E-state index contributed by atoms with van der Waals surface area (Å²) in [5.41, 5.74) is 14.9. The lowest BCUT2D eigenvalue weighted by Crippen LogP contribution is -2.27. The van der Waals surface area contributed by atoms with Crippen molar-refractivity contribution >= 4 is 45.7 Å². The number of thiophene rings is 1. The zero-order chi connectivity index (χ0) is 15.5. The van der Waals surface area contributed by atoms with Crippen molar-refractivity contribution in [1.29, 1.82) is 0 Å². The van der Waals surface area contributed by atoms with Gasteiger partial charge in [0.15, 0.2) is 5.82 Å². The molecule has 2 aliphatic rings. The van der Waals surface area contributed by atoms with Crippen LogP contribution in [0, 0.1) is 5.41 Å². The van der Waals surface area contributed by atoms with Crippen molar-refractivity contribution in [3.63, 3.8) is 0 Å². The van der Waals surface area contributed by atoms with Crippen LogP contribution in [-0.2, 0) is 12.8 Å². The van der Waals surface area contributed by atoms with Crippen LogP contribution in [0.1, 0.15) is 37.1 Å². The number of hydrogen-bond donors (Lipinski definition) is 2. The van der Waals surface area contributed by atoms with E-state index in [0.29, 0.717) is 11.4 Å². The van der Waals surface area contributed by atoms with Gasteiger partial charge in [0.1, 0.15) is 0 Å². The van der Waals surface area contributed by atoms with E-state index in [9.17, 15) is 0 Å². The first-order valence-electron chi connectivity index (χ1n) is 8.01. The molecule has 0 amide bonds. The molecule has 2 aromatic heterocycles. The third kappa shape index (κ3) is 2.88. The van der Waals surface area contributed by atoms with Crippen molar-refractivity contribution in [3.05, 3.63) is 10.4 Å². The second kappa shape index (κ2) is 5.76. The second-order valence-corrected chi connectivity index (χ2v) is 8.53. The Morgan fingerprint density at radius 2 is 2.09 bits per heavy atom. The molecule has 2 aromatic rings. The third-order valence-electron chi connectivity index (χ3n) is 4.92. The minimum atomic E-state index is 0. The average Bonchev–Trinajstić information content (AvgIpc) is 3.01. The zero-order valence-electron chi connectivity index (χ0n) is 13.6. The molecule has 0 unspecified atom stereocenters. The number of fused-ring (bicyclic) bond motifs is 3. The number of aromatic nitrogens is 2. The summed E-state index contributed by atoms with van der Waals surface area (Å²) in [7, 11) is 0. The molecule has 1 aliphatic heterocycles. The molecular formula is C16H24ClN5S. The topological polar surface area (TPSA) is 81.1 Å². The summed E-state index contributed by atoms with van der Waals surface area (Å²) >= 11 is 1.86. The number of hydrogen-bond acceptors (Lipinski definition) is 6. The Balaban J connectivity index is 0.00000156. The van der Waals surface area contributed by atoms with Gasteiger partial charge >= 0.3 is 0 Å². The van der Waals surface area contributed by atoms with Crippen LogP contribution < -0.4 is 16.4 Å². The summed E-state index contributed by atoms with van der Waals surface area (Å²) < 4.78 is 1.20. The summed E-state index contributed by atoms with van der Waals surface area (Å²) in [4.78, 5) is 12.9. The molecule has 5 nitrogen and oxygen atoms in total. The lowest BCUT2D eigenvalue weighted by molar-refractivity contribution is 0.319. The Bertz CT molecular complexity index is 742. The molecule has 4 rings (SSSR count). The molecule has 0 aromatic carbocycles. The number of nitrogens with zero attached hydrogens (tertiary/aromatic N) is 3. The summed E-state index contributed by atoms with van der Waals surface area (Å²) in [5, 5.41) is 0. The fraction of sp³-hybridized carbons (Fsp3) is 0.625. The Morgan fingerprint density at radius 3 is 2.78 bits per heavy atom. The predicted octanol–water partition coefficient (Wildman–Crippen LogP) is 2.75. The van der Waals surface area contributed by atoms with E-state index in [0.717, 1.165) is 43.7 Å². The molecule has 1 aliphatic carbocycles. The molecule has 0 saturated carbocycles. The first-order chi connectivity index (χ1) is 10.4. The Morgan fingerprint density at radius 1 is 1.30 bits per heavy atom. The zero-order valence-corrected chi connectivity index (χ0v) is 15.3. The smallest absolute Gasteiger partial charge is 0.222 e. The molecule has 0 bridgehead atoms. The molecule has 1 saturated heterocycles. The molecule has 1 atom stereocenters. The van der Waals surface area contributed by atoms with E-state index in [-0.39, 0.29) is 18.4 Å². The second-order valence-electron chi connectivity index (χ2n) is 7.42. The van der Waals surface area contributed by atoms with Gasteiger partial charge in [-0.05, 0) is 36.7 Å². The Kier molecular flexibility index (Phi) is 4.19. The van der Waals surface area contributed by atoms with Gasteiger partial charge in [-0.15, -0.1) is 23.7 Å². The molecule has 7 heteroatoms. The molecule has 4 N–H and O–H groups in total. The Hall–Kier alpha value is -1.11. The van der Waals surface area contributed by atoms with Gasteiger partial charge in [0.2, 0.25) is 5.95 Å². The summed E-state index contributed by atoms with van der Waals surface area (Å²) in [6.07, 6.45) is 4.48. The highest BCUT2D eigenvalue weighted by Gasteiger charge is 2.31. The van der Waals surface area contributed by atoms with Crippen LogP contribution >= 0.6 is 23.7 Å². The van der Waals surface area contributed by atoms with E-state index < -0.39 is 0 Å². The monoisotopic (exact) mass is 353 g/mol. The van der Waals surface area contributed by atoms with Crippen LogP contribution in [0.4, 0.5) is 11.8 Å². The molecule has 3 heterocycles. The van der Waals surface area contributed by atoms with E-state index in [1.807, 2.05) is 11.3 Å². The van der Waals surface area contributed by atoms with Crippen molar-refractivity contribution in [2.24, 2.45) is 11.1 Å². The summed E-state index contributed by atoms with van der Waals surface area (Å²) in [5.74, 6) is 1.37. The summed E-state index contributed by atoms with van der Waals surface area (Å²) in [6, 6.07) is 0.236. The van der Waals surface area contributed by atoms with E-state index in [1.54, 1.807) is 0 Å². The van der Waals surface area contributed by atoms with Crippen molar-refractivity contribution < 1.29 is 0 Å². The molecule has 23 heavy (non-hydrogen) atoms. The van der Waals surface area contributed by atoms with E-state index in [2.05, 4.69) is 28.7 Å². The van der Waals surface area contributed by atoms with Crippen LogP contribution in [0.2, 0.25) is 0 Å². The quantitative estimate of drug-likeness (QED) is 0.823. The van der Waals surface area contributed by atoms with Crippen LogP contribution in [0.25, 0.3) is 10.2 Å². The average molecular weight is 354 g/mol. The van der Waals surface area contributed by atoms with Gasteiger partial charge in [-0.2, -0.15) is 4.98 Å². The van der Waals surface area contributed by atoms with Gasteiger partial charge in [-0.3, -0.25) is 0 Å². The lowest BCUT2D eigenvalue weighted by Gasteiger charge is -2.29. The lowest BCUT2D eigenvalue weighted by atomic mass is 9.77. The van der Waals surface area contributed by atoms with Gasteiger partial charge in [-0.25, -0.2) is 4.98 Å². The van der Waals surface area contributed by atoms with Crippen molar-refractivity contribution in [1.82, 2.24) is 9.97 Å². The number of nitrogens with two attached hydrogens (primary N) is 2. The SMILES string of the molecule is CC1(C)CCc2sc3c(N4CC[C@@H](N)C4)nc(N)nc3c2C1.Cl. The number of aryl methyl sites for hydroxylation is 1. The van der Waals surface area contributed by atoms with Crippen molar-refractivity contribution in [2.45, 2.75) is 45.6 Å². The largest absolute Gasteiger partial charge is 0.368 e. The van der Waals surface area contributed by atoms with Crippen LogP contribution in [0.15, 0.2) is 0 Å². The predicted molar refractivity (Wildman–Crippen MR) is 99.7 cm³/mol. The van der Waals surface area contributed by atoms with Gasteiger partial charge in [0.05, 0.1) is 10.2 Å². The first-order valence-corrected chi connectivity index (χ1v) is 8.83. The molecule has 0 spiro atoms. The van der Waals surface area contributed by atoms with Crippen LogP contribution in [-0.4, -0.2) is 29.1 Å². The minimum Gasteiger partial charge on any atom is -0.368 e. The number of halogens is 1. The third-order valence-corrected chi connectivity index (χ3v) is 6.20. The van der Waals surface area contributed by atoms with Crippen molar-refractivity contribution in [3.8, 4) is 0 Å². The number of nitrogen functional groups attached to an aromatic ring is 1. The first kappa shape index (κ1) is 16.7. The standard InChI is InChI=1S/C16H23N5S.ClH/c1-16(2)5-3-11-10(7-16)12-13(22-11)14(20-15(18)19-12)21-6-4-9(17)8-21;/h9H,3-8,17H2,1-2H3,(H2,18,19,20);1H/t9-;/m1./s1. The molecule has 0 radical (unpaired) electrons. The highest BCUT2D eigenvalue weighted by Crippen LogP contribution is 2.44. The Labute approximate surface area is 146 Å². The fourth-order valence-corrected chi connectivity index (χ4v) is 4.94. The number of rotatable bonds is 1. The van der Waals surface area contributed by atoms with Crippen LogP contribution in [0.5, 0.6) is 0 Å². The van der Waals surface area contributed by atoms with Crippen molar-refractivity contribution in [2.75, 3.05) is 23.7 Å². The maximum atomic E-state index is 6.06. The van der Waals surface area contributed by atoms with E-state index in [1.165, 1.54) is 21.6 Å². The maximum absolute atomic E-state index is 6.06. The maximum Gasteiger partial charge on any atom is 0.222 e. The minimum absolute atomic E-state index is 0. The van der Waals surface area contributed by atoms with Gasteiger partial charge < -0.3 is 16.4 Å². The molecule has 1 fully saturated rings. The number of anilines is 2. The fourth-order valence-electron chi connectivity index (χ4n) is 3.67. The molecule has 126 valence electrons. The van der Waals surface area contributed by atoms with E-state index in [4.69, 9.17) is 11.5 Å².